The number of aryl methyl sites for hydroxylation is 1. The molecule has 0 saturated carbocycles. The first-order valence-corrected chi connectivity index (χ1v) is 7.62. The standard InChI is InChI=1S/C13H10Cl2O4S/c1-7-8(5-11(19-7)13(16)17)6-20(18)12-9(14)3-2-4-10(12)15/h2-5H,6H2,1H3,(H,16,17). The molecule has 1 heterocycles. The minimum atomic E-state index is -1.48. The zero-order valence-corrected chi connectivity index (χ0v) is 12.7. The summed E-state index contributed by atoms with van der Waals surface area (Å²) in [5, 5.41) is 9.48. The second kappa shape index (κ2) is 5.99. The van der Waals surface area contributed by atoms with Gasteiger partial charge in [-0.25, -0.2) is 4.79 Å². The van der Waals surface area contributed by atoms with Gasteiger partial charge in [-0.1, -0.05) is 29.3 Å². The third kappa shape index (κ3) is 3.06. The summed E-state index contributed by atoms with van der Waals surface area (Å²) in [6, 6.07) is 6.23. The van der Waals surface area contributed by atoms with Gasteiger partial charge in [0, 0.05) is 5.56 Å². The first-order chi connectivity index (χ1) is 9.40. The minimum Gasteiger partial charge on any atom is -0.475 e. The Morgan fingerprint density at radius 2 is 1.95 bits per heavy atom. The van der Waals surface area contributed by atoms with Crippen LogP contribution in [0.15, 0.2) is 33.6 Å². The summed E-state index contributed by atoms with van der Waals surface area (Å²) in [7, 11) is -1.48. The van der Waals surface area contributed by atoms with Gasteiger partial charge in [-0.15, -0.1) is 0 Å². The highest BCUT2D eigenvalue weighted by Crippen LogP contribution is 2.30. The van der Waals surface area contributed by atoms with Crippen molar-refractivity contribution in [2.24, 2.45) is 0 Å². The normalized spacial score (nSPS) is 12.3. The Labute approximate surface area is 127 Å². The van der Waals surface area contributed by atoms with Gasteiger partial charge in [0.05, 0.1) is 31.5 Å². The highest BCUT2D eigenvalue weighted by molar-refractivity contribution is 7.84. The molecule has 0 fully saturated rings. The van der Waals surface area contributed by atoms with E-state index in [-0.39, 0.29) is 11.5 Å². The molecule has 0 aliphatic rings. The number of hydrogen-bond acceptors (Lipinski definition) is 3. The van der Waals surface area contributed by atoms with E-state index >= 15 is 0 Å². The fourth-order valence-corrected chi connectivity index (χ4v) is 3.88. The van der Waals surface area contributed by atoms with E-state index in [1.807, 2.05) is 0 Å². The van der Waals surface area contributed by atoms with Crippen molar-refractivity contribution in [2.75, 3.05) is 0 Å². The van der Waals surface area contributed by atoms with Crippen LogP contribution in [0, 0.1) is 6.92 Å². The highest BCUT2D eigenvalue weighted by Gasteiger charge is 2.18. The molecule has 1 aromatic heterocycles. The fraction of sp³-hybridized carbons (Fsp3) is 0.154. The average Bonchev–Trinajstić information content (AvgIpc) is 2.71. The summed E-state index contributed by atoms with van der Waals surface area (Å²) in [6.07, 6.45) is 0. The maximum absolute atomic E-state index is 12.3. The fourth-order valence-electron chi connectivity index (χ4n) is 1.68. The number of furan rings is 1. The first kappa shape index (κ1) is 15.1. The molecule has 0 radical (unpaired) electrons. The van der Waals surface area contributed by atoms with E-state index in [2.05, 4.69) is 0 Å². The number of hydrogen-bond donors (Lipinski definition) is 1. The van der Waals surface area contributed by atoms with Gasteiger partial charge in [-0.2, -0.15) is 0 Å². The van der Waals surface area contributed by atoms with E-state index in [0.29, 0.717) is 26.3 Å². The van der Waals surface area contributed by atoms with Crippen LogP contribution >= 0.6 is 23.2 Å². The molecule has 0 amide bonds. The minimum absolute atomic E-state index is 0.0894. The molecule has 7 heteroatoms. The summed E-state index contributed by atoms with van der Waals surface area (Å²) in [5.41, 5.74) is 0.553. The van der Waals surface area contributed by atoms with Crippen LogP contribution in [-0.4, -0.2) is 15.3 Å². The number of carboxylic acids is 1. The number of benzene rings is 1. The summed E-state index contributed by atoms with van der Waals surface area (Å²) in [6.45, 7) is 1.62. The molecule has 20 heavy (non-hydrogen) atoms. The Morgan fingerprint density at radius 1 is 1.35 bits per heavy atom. The molecule has 1 atom stereocenters. The van der Waals surface area contributed by atoms with E-state index in [1.165, 1.54) is 6.07 Å². The second-order valence-electron chi connectivity index (χ2n) is 4.04. The van der Waals surface area contributed by atoms with Crippen LogP contribution in [0.25, 0.3) is 0 Å². The van der Waals surface area contributed by atoms with Crippen LogP contribution in [0.4, 0.5) is 0 Å². The zero-order valence-electron chi connectivity index (χ0n) is 10.4. The lowest BCUT2D eigenvalue weighted by Gasteiger charge is -2.06. The zero-order chi connectivity index (χ0) is 14.9. The average molecular weight is 333 g/mol. The van der Waals surface area contributed by atoms with Crippen molar-refractivity contribution in [1.29, 1.82) is 0 Å². The number of halogens is 2. The molecule has 0 bridgehead atoms. The highest BCUT2D eigenvalue weighted by atomic mass is 35.5. The maximum Gasteiger partial charge on any atom is 0.371 e. The van der Waals surface area contributed by atoms with Crippen LogP contribution in [0.1, 0.15) is 21.9 Å². The van der Waals surface area contributed by atoms with Gasteiger partial charge >= 0.3 is 5.97 Å². The number of rotatable bonds is 4. The Kier molecular flexibility index (Phi) is 4.52. The van der Waals surface area contributed by atoms with Crippen LogP contribution in [-0.2, 0) is 16.6 Å². The molecule has 2 aromatic rings. The Hall–Kier alpha value is -1.30. The molecule has 1 aromatic carbocycles. The van der Waals surface area contributed by atoms with Gasteiger partial charge in [0.1, 0.15) is 5.76 Å². The predicted octanol–water partition coefficient (Wildman–Crippen LogP) is 3.90. The summed E-state index contributed by atoms with van der Waals surface area (Å²) in [4.78, 5) is 11.2. The largest absolute Gasteiger partial charge is 0.475 e. The summed E-state index contributed by atoms with van der Waals surface area (Å²) in [5.74, 6) is -0.842. The van der Waals surface area contributed by atoms with Crippen molar-refractivity contribution in [3.8, 4) is 0 Å². The van der Waals surface area contributed by atoms with Gasteiger partial charge < -0.3 is 9.52 Å². The molecular formula is C13H10Cl2O4S. The van der Waals surface area contributed by atoms with Crippen LogP contribution in [0.2, 0.25) is 10.0 Å². The second-order valence-corrected chi connectivity index (χ2v) is 6.24. The van der Waals surface area contributed by atoms with Gasteiger partial charge in [-0.05, 0) is 25.1 Å². The van der Waals surface area contributed by atoms with Crippen LogP contribution < -0.4 is 0 Å². The molecule has 106 valence electrons. The molecule has 2 rings (SSSR count). The molecule has 0 spiro atoms. The van der Waals surface area contributed by atoms with Crippen molar-refractivity contribution in [3.05, 3.63) is 51.4 Å². The monoisotopic (exact) mass is 332 g/mol. The number of carboxylic acid groups (broad SMARTS) is 1. The lowest BCUT2D eigenvalue weighted by atomic mass is 10.3. The number of aromatic carboxylic acids is 1. The molecule has 1 N–H and O–H groups in total. The van der Waals surface area contributed by atoms with E-state index in [9.17, 15) is 9.00 Å². The van der Waals surface area contributed by atoms with E-state index < -0.39 is 16.8 Å². The number of carbonyl (C=O) groups is 1. The molecule has 0 aliphatic heterocycles. The smallest absolute Gasteiger partial charge is 0.371 e. The Morgan fingerprint density at radius 3 is 2.45 bits per heavy atom. The third-order valence-electron chi connectivity index (χ3n) is 2.66. The van der Waals surface area contributed by atoms with E-state index in [0.717, 1.165) is 0 Å². The SMILES string of the molecule is Cc1oc(C(=O)O)cc1CS(=O)c1c(Cl)cccc1Cl. The maximum atomic E-state index is 12.3. The van der Waals surface area contributed by atoms with E-state index in [1.54, 1.807) is 25.1 Å². The lowest BCUT2D eigenvalue weighted by Crippen LogP contribution is -1.99. The predicted molar refractivity (Wildman–Crippen MR) is 77.0 cm³/mol. The molecule has 0 aliphatic carbocycles. The van der Waals surface area contributed by atoms with Crippen molar-refractivity contribution >= 4 is 40.0 Å². The van der Waals surface area contributed by atoms with Gasteiger partial charge in [0.25, 0.3) is 0 Å². The summed E-state index contributed by atoms with van der Waals surface area (Å²) >= 11 is 12.0. The molecule has 1 unspecified atom stereocenters. The van der Waals surface area contributed by atoms with Gasteiger partial charge in [-0.3, -0.25) is 4.21 Å². The van der Waals surface area contributed by atoms with Crippen molar-refractivity contribution in [3.63, 3.8) is 0 Å². The van der Waals surface area contributed by atoms with Crippen LogP contribution in [0.5, 0.6) is 0 Å². The van der Waals surface area contributed by atoms with E-state index in [4.69, 9.17) is 32.7 Å². The van der Waals surface area contributed by atoms with Gasteiger partial charge in [0.15, 0.2) is 0 Å². The van der Waals surface area contributed by atoms with Crippen molar-refractivity contribution < 1.29 is 18.5 Å². The van der Waals surface area contributed by atoms with Crippen LogP contribution in [0.3, 0.4) is 0 Å². The van der Waals surface area contributed by atoms with Crippen molar-refractivity contribution in [1.82, 2.24) is 0 Å². The van der Waals surface area contributed by atoms with Gasteiger partial charge in [0.2, 0.25) is 5.76 Å². The Balaban J connectivity index is 2.30. The van der Waals surface area contributed by atoms with Crippen molar-refractivity contribution in [2.45, 2.75) is 17.6 Å². The molecule has 0 saturated heterocycles. The molecule has 4 nitrogen and oxygen atoms in total. The Bertz CT molecular complexity index is 673. The summed E-state index contributed by atoms with van der Waals surface area (Å²) < 4.78 is 17.4. The topological polar surface area (TPSA) is 67.5 Å². The quantitative estimate of drug-likeness (QED) is 0.921. The lowest BCUT2D eigenvalue weighted by molar-refractivity contribution is 0.0661. The third-order valence-corrected chi connectivity index (χ3v) is 4.99. The first-order valence-electron chi connectivity index (χ1n) is 5.55. The molecular weight excluding hydrogens is 323 g/mol.